The minimum atomic E-state index is -0.0530. The number of hydrogen-bond donors (Lipinski definition) is 1. The van der Waals surface area contributed by atoms with Crippen LogP contribution in [0.3, 0.4) is 0 Å². The molecule has 1 aromatic heterocycles. The van der Waals surface area contributed by atoms with Crippen molar-refractivity contribution >= 4 is 29.3 Å². The van der Waals surface area contributed by atoms with Crippen LogP contribution in [-0.4, -0.2) is 38.4 Å². The van der Waals surface area contributed by atoms with Crippen LogP contribution in [-0.2, 0) is 11.2 Å². The SMILES string of the molecule is Cc1cccc(-n2nnnc2SCC(=O)NCCc2ccc(Cl)cc2)c1. The molecule has 1 heterocycles. The summed E-state index contributed by atoms with van der Waals surface area (Å²) in [5.41, 5.74) is 3.13. The van der Waals surface area contributed by atoms with E-state index in [1.165, 1.54) is 11.8 Å². The number of rotatable bonds is 7. The number of carbonyl (C=O) groups excluding carboxylic acids is 1. The first-order valence-electron chi connectivity index (χ1n) is 8.11. The standard InChI is InChI=1S/C18H18ClN5OS/c1-13-3-2-4-16(11-13)24-18(21-22-23-24)26-12-17(25)20-10-9-14-5-7-15(19)8-6-14/h2-8,11H,9-10,12H2,1H3,(H,20,25). The first kappa shape index (κ1) is 18.4. The van der Waals surface area contributed by atoms with Gasteiger partial charge in [-0.3, -0.25) is 4.79 Å². The highest BCUT2D eigenvalue weighted by molar-refractivity contribution is 7.99. The Morgan fingerprint density at radius 1 is 1.23 bits per heavy atom. The lowest BCUT2D eigenvalue weighted by atomic mass is 10.1. The largest absolute Gasteiger partial charge is 0.355 e. The molecule has 0 aliphatic heterocycles. The van der Waals surface area contributed by atoms with Crippen LogP contribution >= 0.6 is 23.4 Å². The van der Waals surface area contributed by atoms with Gasteiger partial charge in [-0.15, -0.1) is 5.10 Å². The molecule has 0 spiro atoms. The average molecular weight is 388 g/mol. The molecule has 3 rings (SSSR count). The molecule has 0 bridgehead atoms. The van der Waals surface area contributed by atoms with E-state index in [1.54, 1.807) is 4.68 Å². The van der Waals surface area contributed by atoms with Crippen molar-refractivity contribution < 1.29 is 4.79 Å². The van der Waals surface area contributed by atoms with Crippen LogP contribution < -0.4 is 5.32 Å². The van der Waals surface area contributed by atoms with Gasteiger partial charge in [-0.05, 0) is 59.2 Å². The van der Waals surface area contributed by atoms with Gasteiger partial charge in [-0.1, -0.05) is 47.6 Å². The van der Waals surface area contributed by atoms with Gasteiger partial charge in [0.05, 0.1) is 11.4 Å². The van der Waals surface area contributed by atoms with Gasteiger partial charge in [0.25, 0.3) is 0 Å². The Labute approximate surface area is 160 Å². The van der Waals surface area contributed by atoms with E-state index in [2.05, 4.69) is 20.8 Å². The number of thioether (sulfide) groups is 1. The summed E-state index contributed by atoms with van der Waals surface area (Å²) in [7, 11) is 0. The lowest BCUT2D eigenvalue weighted by Crippen LogP contribution is -2.27. The monoisotopic (exact) mass is 387 g/mol. The number of nitrogens with zero attached hydrogens (tertiary/aromatic N) is 4. The van der Waals surface area contributed by atoms with Gasteiger partial charge in [0.15, 0.2) is 0 Å². The molecule has 8 heteroatoms. The highest BCUT2D eigenvalue weighted by atomic mass is 35.5. The fourth-order valence-corrected chi connectivity index (χ4v) is 3.22. The van der Waals surface area contributed by atoms with Crippen molar-refractivity contribution in [2.75, 3.05) is 12.3 Å². The number of halogens is 1. The molecule has 0 aliphatic carbocycles. The third-order valence-corrected chi connectivity index (χ3v) is 4.84. The molecule has 0 radical (unpaired) electrons. The summed E-state index contributed by atoms with van der Waals surface area (Å²) in [6.45, 7) is 2.58. The third kappa shape index (κ3) is 5.06. The molecule has 2 aromatic carbocycles. The van der Waals surface area contributed by atoms with Gasteiger partial charge >= 0.3 is 0 Å². The van der Waals surface area contributed by atoms with Crippen LogP contribution in [0.25, 0.3) is 5.69 Å². The highest BCUT2D eigenvalue weighted by Crippen LogP contribution is 2.18. The van der Waals surface area contributed by atoms with E-state index in [-0.39, 0.29) is 11.7 Å². The molecule has 0 aliphatic rings. The van der Waals surface area contributed by atoms with E-state index < -0.39 is 0 Å². The van der Waals surface area contributed by atoms with Crippen LogP contribution in [0.2, 0.25) is 5.02 Å². The second-order valence-electron chi connectivity index (χ2n) is 5.73. The second kappa shape index (κ2) is 8.82. The van der Waals surface area contributed by atoms with Crippen molar-refractivity contribution in [2.45, 2.75) is 18.5 Å². The van der Waals surface area contributed by atoms with Gasteiger partial charge in [0.1, 0.15) is 0 Å². The predicted molar refractivity (Wildman–Crippen MR) is 103 cm³/mol. The first-order valence-corrected chi connectivity index (χ1v) is 9.47. The summed E-state index contributed by atoms with van der Waals surface area (Å²) in [4.78, 5) is 12.1. The van der Waals surface area contributed by atoms with E-state index in [1.807, 2.05) is 55.5 Å². The maximum Gasteiger partial charge on any atom is 0.230 e. The number of hydrogen-bond acceptors (Lipinski definition) is 5. The Morgan fingerprint density at radius 3 is 2.81 bits per heavy atom. The molecular formula is C18H18ClN5OS. The Hall–Kier alpha value is -2.38. The summed E-state index contributed by atoms with van der Waals surface area (Å²) in [6, 6.07) is 15.5. The number of aryl methyl sites for hydroxylation is 1. The molecule has 0 saturated heterocycles. The van der Waals surface area contributed by atoms with E-state index in [9.17, 15) is 4.79 Å². The zero-order chi connectivity index (χ0) is 18.4. The topological polar surface area (TPSA) is 72.7 Å². The van der Waals surface area contributed by atoms with E-state index >= 15 is 0 Å². The molecule has 26 heavy (non-hydrogen) atoms. The summed E-state index contributed by atoms with van der Waals surface area (Å²) < 4.78 is 1.64. The van der Waals surface area contributed by atoms with E-state index in [0.717, 1.165) is 23.2 Å². The normalized spacial score (nSPS) is 10.7. The smallest absolute Gasteiger partial charge is 0.230 e. The Bertz CT molecular complexity index is 881. The fourth-order valence-electron chi connectivity index (χ4n) is 2.37. The van der Waals surface area contributed by atoms with Crippen LogP contribution in [0, 0.1) is 6.92 Å². The Morgan fingerprint density at radius 2 is 2.04 bits per heavy atom. The maximum atomic E-state index is 12.1. The molecule has 6 nitrogen and oxygen atoms in total. The fraction of sp³-hybridized carbons (Fsp3) is 0.222. The third-order valence-electron chi connectivity index (χ3n) is 3.67. The lowest BCUT2D eigenvalue weighted by Gasteiger charge is -2.06. The number of tetrazole rings is 1. The van der Waals surface area contributed by atoms with Gasteiger partial charge in [0, 0.05) is 11.6 Å². The summed E-state index contributed by atoms with van der Waals surface area (Å²) in [6.07, 6.45) is 0.759. The zero-order valence-corrected chi connectivity index (χ0v) is 15.8. The lowest BCUT2D eigenvalue weighted by molar-refractivity contribution is -0.118. The first-order chi connectivity index (χ1) is 12.6. The molecular weight excluding hydrogens is 370 g/mol. The number of benzene rings is 2. The van der Waals surface area contributed by atoms with Crippen LogP contribution in [0.5, 0.6) is 0 Å². The average Bonchev–Trinajstić information content (AvgIpc) is 3.10. The van der Waals surface area contributed by atoms with E-state index in [4.69, 9.17) is 11.6 Å². The predicted octanol–water partition coefficient (Wildman–Crippen LogP) is 3.08. The highest BCUT2D eigenvalue weighted by Gasteiger charge is 2.11. The molecule has 0 unspecified atom stereocenters. The van der Waals surface area contributed by atoms with Crippen molar-refractivity contribution in [3.8, 4) is 5.69 Å². The molecule has 0 saturated carbocycles. The Kier molecular flexibility index (Phi) is 6.25. The number of amides is 1. The second-order valence-corrected chi connectivity index (χ2v) is 7.11. The van der Waals surface area contributed by atoms with Crippen molar-refractivity contribution in [3.63, 3.8) is 0 Å². The minimum Gasteiger partial charge on any atom is -0.355 e. The van der Waals surface area contributed by atoms with Gasteiger partial charge in [-0.2, -0.15) is 4.68 Å². The molecule has 3 aromatic rings. The molecule has 134 valence electrons. The van der Waals surface area contributed by atoms with Gasteiger partial charge in [0.2, 0.25) is 11.1 Å². The molecule has 0 fully saturated rings. The maximum absolute atomic E-state index is 12.1. The van der Waals surface area contributed by atoms with Crippen molar-refractivity contribution in [3.05, 3.63) is 64.7 Å². The zero-order valence-electron chi connectivity index (χ0n) is 14.2. The number of nitrogens with one attached hydrogen (secondary N) is 1. The summed E-state index contributed by atoms with van der Waals surface area (Å²) in [5.74, 6) is 0.204. The van der Waals surface area contributed by atoms with Crippen molar-refractivity contribution in [1.82, 2.24) is 25.5 Å². The quantitative estimate of drug-likeness (QED) is 0.631. The van der Waals surface area contributed by atoms with Crippen LogP contribution in [0.4, 0.5) is 0 Å². The van der Waals surface area contributed by atoms with Crippen LogP contribution in [0.15, 0.2) is 53.7 Å². The number of carbonyl (C=O) groups is 1. The minimum absolute atomic E-state index is 0.0530. The molecule has 1 N–H and O–H groups in total. The summed E-state index contributed by atoms with van der Waals surface area (Å²) in [5, 5.41) is 15.9. The van der Waals surface area contributed by atoms with Gasteiger partial charge < -0.3 is 5.32 Å². The van der Waals surface area contributed by atoms with E-state index in [0.29, 0.717) is 16.7 Å². The summed E-state index contributed by atoms with van der Waals surface area (Å²) >= 11 is 7.17. The van der Waals surface area contributed by atoms with Crippen molar-refractivity contribution in [2.24, 2.45) is 0 Å². The van der Waals surface area contributed by atoms with Gasteiger partial charge in [-0.25, -0.2) is 0 Å². The van der Waals surface area contributed by atoms with Crippen molar-refractivity contribution in [1.29, 1.82) is 0 Å². The molecule has 1 amide bonds. The molecule has 0 atom stereocenters. The Balaban J connectivity index is 1.49. The number of aromatic nitrogens is 4. The van der Waals surface area contributed by atoms with Crippen LogP contribution in [0.1, 0.15) is 11.1 Å².